The van der Waals surface area contributed by atoms with Crippen LogP contribution in [0.4, 0.5) is 15.8 Å². The van der Waals surface area contributed by atoms with E-state index < -0.39 is 16.7 Å². The van der Waals surface area contributed by atoms with Gasteiger partial charge in [0.25, 0.3) is 5.69 Å². The van der Waals surface area contributed by atoms with Gasteiger partial charge in [-0.25, -0.2) is 4.39 Å². The van der Waals surface area contributed by atoms with Crippen molar-refractivity contribution in [1.29, 1.82) is 0 Å². The molecule has 1 aliphatic rings. The molecule has 1 fully saturated rings. The summed E-state index contributed by atoms with van der Waals surface area (Å²) in [5.41, 5.74) is 0.275. The van der Waals surface area contributed by atoms with Gasteiger partial charge in [-0.15, -0.1) is 0 Å². The normalized spacial score (nSPS) is 14.3. The minimum atomic E-state index is -0.978. The van der Waals surface area contributed by atoms with Crippen molar-refractivity contribution in [2.75, 3.05) is 11.9 Å². The first kappa shape index (κ1) is 17.5. The van der Waals surface area contributed by atoms with Crippen molar-refractivity contribution in [2.24, 2.45) is 0 Å². The number of carbonyl (C=O) groups is 2. The van der Waals surface area contributed by atoms with Crippen molar-refractivity contribution in [3.63, 3.8) is 0 Å². The van der Waals surface area contributed by atoms with Gasteiger partial charge in [-0.05, 0) is 36.6 Å². The Morgan fingerprint density at radius 2 is 1.73 bits per heavy atom. The van der Waals surface area contributed by atoms with Gasteiger partial charge >= 0.3 is 11.8 Å². The first-order valence-corrected chi connectivity index (χ1v) is 8.00. The number of carbonyl (C=O) groups excluding carboxylic acids is 2. The first-order chi connectivity index (χ1) is 12.4. The standard InChI is InChI=1S/C18H16FN3O4/c19-13-7-5-12(6-8-13)18(9-10-18)11-20-16(23)17(24)21-14-3-1-2-4-15(14)22(25)26/h1-8H,9-11H2,(H,20,23)(H,21,24). The molecule has 0 saturated heterocycles. The van der Waals surface area contributed by atoms with Crippen LogP contribution in [0.1, 0.15) is 18.4 Å². The molecule has 7 nitrogen and oxygen atoms in total. The van der Waals surface area contributed by atoms with Crippen LogP contribution in [0, 0.1) is 15.9 Å². The van der Waals surface area contributed by atoms with Crippen LogP contribution in [0.15, 0.2) is 48.5 Å². The fraction of sp³-hybridized carbons (Fsp3) is 0.222. The van der Waals surface area contributed by atoms with Gasteiger partial charge in [-0.2, -0.15) is 0 Å². The van der Waals surface area contributed by atoms with Crippen molar-refractivity contribution in [3.8, 4) is 0 Å². The Hall–Kier alpha value is -3.29. The number of nitro benzene ring substituents is 1. The zero-order valence-electron chi connectivity index (χ0n) is 13.7. The van der Waals surface area contributed by atoms with Gasteiger partial charge in [0, 0.05) is 18.0 Å². The number of anilines is 1. The molecule has 2 aromatic carbocycles. The highest BCUT2D eigenvalue weighted by Crippen LogP contribution is 2.47. The number of para-hydroxylation sites is 2. The number of nitrogens with one attached hydrogen (secondary N) is 2. The SMILES string of the molecule is O=C(NCC1(c2ccc(F)cc2)CC1)C(=O)Nc1ccccc1[N+](=O)[O-]. The van der Waals surface area contributed by atoms with E-state index in [4.69, 9.17) is 0 Å². The number of hydrogen-bond donors (Lipinski definition) is 2. The van der Waals surface area contributed by atoms with E-state index in [2.05, 4.69) is 10.6 Å². The number of benzene rings is 2. The Bertz CT molecular complexity index is 863. The molecule has 2 aromatic rings. The fourth-order valence-corrected chi connectivity index (χ4v) is 2.77. The van der Waals surface area contributed by atoms with Crippen LogP contribution in [0.5, 0.6) is 0 Å². The second-order valence-electron chi connectivity index (χ2n) is 6.20. The average Bonchev–Trinajstić information content (AvgIpc) is 3.41. The van der Waals surface area contributed by atoms with Crippen LogP contribution < -0.4 is 10.6 Å². The van der Waals surface area contributed by atoms with Gasteiger partial charge in [0.1, 0.15) is 11.5 Å². The van der Waals surface area contributed by atoms with Crippen LogP contribution in [0.25, 0.3) is 0 Å². The molecule has 0 aliphatic heterocycles. The van der Waals surface area contributed by atoms with Gasteiger partial charge in [0.05, 0.1) is 4.92 Å². The summed E-state index contributed by atoms with van der Waals surface area (Å²) >= 11 is 0. The van der Waals surface area contributed by atoms with Crippen LogP contribution in [0.2, 0.25) is 0 Å². The molecule has 0 atom stereocenters. The number of amides is 2. The van der Waals surface area contributed by atoms with Crippen LogP contribution in [-0.4, -0.2) is 23.3 Å². The Labute approximate surface area is 148 Å². The van der Waals surface area contributed by atoms with E-state index in [1.165, 1.54) is 36.4 Å². The molecule has 2 amide bonds. The number of nitrogens with zero attached hydrogens (tertiary/aromatic N) is 1. The molecule has 1 saturated carbocycles. The lowest BCUT2D eigenvalue weighted by atomic mass is 9.96. The van der Waals surface area contributed by atoms with Crippen molar-refractivity contribution in [3.05, 3.63) is 70.0 Å². The van der Waals surface area contributed by atoms with Gasteiger partial charge in [-0.3, -0.25) is 19.7 Å². The smallest absolute Gasteiger partial charge is 0.313 e. The molecule has 1 aliphatic carbocycles. The topological polar surface area (TPSA) is 101 Å². The van der Waals surface area contributed by atoms with Gasteiger partial charge in [0.15, 0.2) is 0 Å². The maximum absolute atomic E-state index is 13.0. The Kier molecular flexibility index (Phi) is 4.66. The summed E-state index contributed by atoms with van der Waals surface area (Å²) in [6.07, 6.45) is 1.65. The van der Waals surface area contributed by atoms with Gasteiger partial charge in [0.2, 0.25) is 0 Å². The maximum atomic E-state index is 13.0. The molecule has 0 aromatic heterocycles. The average molecular weight is 357 g/mol. The third kappa shape index (κ3) is 3.69. The minimum Gasteiger partial charge on any atom is -0.347 e. The summed E-state index contributed by atoms with van der Waals surface area (Å²) in [5.74, 6) is -2.19. The molecule has 2 N–H and O–H groups in total. The Morgan fingerprint density at radius 1 is 1.08 bits per heavy atom. The monoisotopic (exact) mass is 357 g/mol. The predicted octanol–water partition coefficient (Wildman–Crippen LogP) is 2.52. The molecule has 0 unspecified atom stereocenters. The van der Waals surface area contributed by atoms with Gasteiger partial charge < -0.3 is 10.6 Å². The molecular weight excluding hydrogens is 341 g/mol. The van der Waals surface area contributed by atoms with E-state index >= 15 is 0 Å². The molecule has 26 heavy (non-hydrogen) atoms. The Morgan fingerprint density at radius 3 is 2.35 bits per heavy atom. The summed E-state index contributed by atoms with van der Waals surface area (Å²) in [4.78, 5) is 34.4. The van der Waals surface area contributed by atoms with Crippen LogP contribution in [-0.2, 0) is 15.0 Å². The van der Waals surface area contributed by atoms with E-state index in [1.54, 1.807) is 12.1 Å². The third-order valence-electron chi connectivity index (χ3n) is 4.45. The highest BCUT2D eigenvalue weighted by molar-refractivity contribution is 6.39. The predicted molar refractivity (Wildman–Crippen MR) is 92.0 cm³/mol. The Balaban J connectivity index is 1.61. The highest BCUT2D eigenvalue weighted by Gasteiger charge is 2.44. The third-order valence-corrected chi connectivity index (χ3v) is 4.45. The number of nitro groups is 1. The number of rotatable bonds is 5. The summed E-state index contributed by atoms with van der Waals surface area (Å²) in [6, 6.07) is 11.6. The zero-order valence-corrected chi connectivity index (χ0v) is 13.7. The molecule has 0 spiro atoms. The quantitative estimate of drug-likeness (QED) is 0.488. The van der Waals surface area contributed by atoms with E-state index in [0.29, 0.717) is 0 Å². The summed E-state index contributed by atoms with van der Waals surface area (Å²) in [5, 5.41) is 15.8. The lowest BCUT2D eigenvalue weighted by molar-refractivity contribution is -0.383. The zero-order chi connectivity index (χ0) is 18.7. The van der Waals surface area contributed by atoms with E-state index in [0.717, 1.165) is 18.4 Å². The first-order valence-electron chi connectivity index (χ1n) is 8.00. The number of halogens is 1. The van der Waals surface area contributed by atoms with E-state index in [1.807, 2.05) is 0 Å². The fourth-order valence-electron chi connectivity index (χ4n) is 2.77. The molecular formula is C18H16FN3O4. The molecule has 8 heteroatoms. The van der Waals surface area contributed by atoms with Crippen molar-refractivity contribution >= 4 is 23.2 Å². The molecule has 0 bridgehead atoms. The van der Waals surface area contributed by atoms with E-state index in [9.17, 15) is 24.1 Å². The van der Waals surface area contributed by atoms with Crippen molar-refractivity contribution in [1.82, 2.24) is 5.32 Å². The highest BCUT2D eigenvalue weighted by atomic mass is 19.1. The molecule has 134 valence electrons. The van der Waals surface area contributed by atoms with E-state index in [-0.39, 0.29) is 29.2 Å². The van der Waals surface area contributed by atoms with Crippen LogP contribution >= 0.6 is 0 Å². The van der Waals surface area contributed by atoms with Crippen molar-refractivity contribution in [2.45, 2.75) is 18.3 Å². The number of hydrogen-bond acceptors (Lipinski definition) is 4. The molecule has 3 rings (SSSR count). The van der Waals surface area contributed by atoms with Crippen LogP contribution in [0.3, 0.4) is 0 Å². The maximum Gasteiger partial charge on any atom is 0.313 e. The summed E-state index contributed by atoms with van der Waals surface area (Å²) in [7, 11) is 0. The lowest BCUT2D eigenvalue weighted by Gasteiger charge is -2.16. The second-order valence-corrected chi connectivity index (χ2v) is 6.20. The van der Waals surface area contributed by atoms with Gasteiger partial charge in [-0.1, -0.05) is 24.3 Å². The lowest BCUT2D eigenvalue weighted by Crippen LogP contribution is -2.39. The molecule has 0 heterocycles. The summed E-state index contributed by atoms with van der Waals surface area (Å²) in [6.45, 7) is 0.238. The largest absolute Gasteiger partial charge is 0.347 e. The van der Waals surface area contributed by atoms with Crippen molar-refractivity contribution < 1.29 is 18.9 Å². The summed E-state index contributed by atoms with van der Waals surface area (Å²) < 4.78 is 13.0. The minimum absolute atomic E-state index is 0.0441. The molecule has 0 radical (unpaired) electrons. The second kappa shape index (κ2) is 6.91.